The van der Waals surface area contributed by atoms with Crippen LogP contribution in [0.5, 0.6) is 0 Å². The molecular weight excluding hydrogens is 374 g/mol. The Labute approximate surface area is 195 Å². The van der Waals surface area contributed by atoms with Gasteiger partial charge in [-0.25, -0.2) is 4.58 Å². The van der Waals surface area contributed by atoms with Crippen LogP contribution in [-0.2, 0) is 0 Å². The van der Waals surface area contributed by atoms with E-state index in [-0.39, 0.29) is 22.3 Å². The van der Waals surface area contributed by atoms with Crippen molar-refractivity contribution in [2.45, 2.75) is 97.9 Å². The average molecular weight is 427 g/mol. The van der Waals surface area contributed by atoms with Crippen LogP contribution in [0.4, 0.5) is 0 Å². The summed E-state index contributed by atoms with van der Waals surface area (Å²) in [6.45, 7) is 21.6. The zero-order valence-corrected chi connectivity index (χ0v) is 20.0. The van der Waals surface area contributed by atoms with E-state index in [9.17, 15) is 0 Å². The number of aryl methyl sites for hydroxylation is 5. The first-order valence-electron chi connectivity index (χ1n) is 10.3. The van der Waals surface area contributed by atoms with Gasteiger partial charge in [0.1, 0.15) is 7.05 Å². The van der Waals surface area contributed by atoms with Gasteiger partial charge in [0.15, 0.2) is 11.4 Å². The van der Waals surface area contributed by atoms with Gasteiger partial charge in [-0.3, -0.25) is 0 Å². The summed E-state index contributed by atoms with van der Waals surface area (Å²) >= 11 is 0. The van der Waals surface area contributed by atoms with Crippen LogP contribution in [0.1, 0.15) is 88.4 Å². The van der Waals surface area contributed by atoms with Gasteiger partial charge in [0.25, 0.3) is 0 Å². The Morgan fingerprint density at radius 2 is 1.00 bits per heavy atom. The number of rotatable bonds is 0. The highest BCUT2D eigenvalue weighted by Crippen LogP contribution is 2.16. The summed E-state index contributed by atoms with van der Waals surface area (Å²) in [5, 5.41) is 0. The molecule has 0 unspecified atom stereocenters. The maximum atomic E-state index is 2.26. The third-order valence-corrected chi connectivity index (χ3v) is 6.16. The van der Waals surface area contributed by atoms with Crippen molar-refractivity contribution >= 4 is 5.71 Å². The molecule has 1 aliphatic heterocycles. The Balaban J connectivity index is -0.000000362. The number of hydrogen-bond acceptors (Lipinski definition) is 0. The SMILES string of the molecule is C.C.C.CC1=C(C)[N+](C)=C(C)C1.Cc1cc(C)c(C)c(C)c1.Cc1cccc(C)c1C. The first-order valence-corrected chi connectivity index (χ1v) is 10.3. The lowest BCUT2D eigenvalue weighted by Gasteiger charge is -2.04. The molecule has 0 spiro atoms. The molecule has 0 amide bonds. The Hall–Kier alpha value is -2.15. The highest BCUT2D eigenvalue weighted by Gasteiger charge is 2.19. The van der Waals surface area contributed by atoms with E-state index in [0.29, 0.717) is 0 Å². The minimum absolute atomic E-state index is 0. The van der Waals surface area contributed by atoms with Crippen LogP contribution in [0.2, 0.25) is 0 Å². The summed E-state index contributed by atoms with van der Waals surface area (Å²) in [5.41, 5.74) is 14.2. The normalized spacial score (nSPS) is 11.8. The maximum absolute atomic E-state index is 2.26. The highest BCUT2D eigenvalue weighted by molar-refractivity contribution is 5.81. The molecule has 0 saturated heterocycles. The summed E-state index contributed by atoms with van der Waals surface area (Å²) in [5.74, 6) is 0. The van der Waals surface area contributed by atoms with Crippen molar-refractivity contribution in [2.75, 3.05) is 7.05 Å². The van der Waals surface area contributed by atoms with Crippen LogP contribution in [0.3, 0.4) is 0 Å². The molecule has 2 aromatic rings. The predicted molar refractivity (Wildman–Crippen MR) is 146 cm³/mol. The quantitative estimate of drug-likeness (QED) is 0.369. The Bertz CT molecular complexity index is 829. The fourth-order valence-electron chi connectivity index (χ4n) is 3.35. The lowest BCUT2D eigenvalue weighted by Crippen LogP contribution is -2.04. The van der Waals surface area contributed by atoms with Gasteiger partial charge < -0.3 is 0 Å². The Kier molecular flexibility index (Phi) is 16.0. The molecule has 1 heteroatoms. The molecular formula is C30H52N+. The second kappa shape index (κ2) is 14.8. The van der Waals surface area contributed by atoms with E-state index in [1.807, 2.05) is 0 Å². The monoisotopic (exact) mass is 426 g/mol. The standard InChI is InChI=1S/C10H14.C9H12.C8H14N.3CH4/c1-7-5-8(2)10(4)9(3)6-7;1-7-5-4-6-8(2)9(7)3;1-6-5-7(2)9(4)8(6)3;;;/h5-6H,1-4H3;4-6H,1-3H3;5H2,1-4H3;3*1H4/q;;+1;;;. The average Bonchev–Trinajstić information content (AvgIpc) is 2.84. The van der Waals surface area contributed by atoms with E-state index in [0.717, 1.165) is 0 Å². The molecule has 3 rings (SSSR count). The van der Waals surface area contributed by atoms with Crippen molar-refractivity contribution in [2.24, 2.45) is 0 Å². The second-order valence-electron chi connectivity index (χ2n) is 8.38. The van der Waals surface area contributed by atoms with Crippen LogP contribution in [0.25, 0.3) is 0 Å². The predicted octanol–water partition coefficient (Wildman–Crippen LogP) is 9.23. The number of benzene rings is 2. The van der Waals surface area contributed by atoms with Crippen LogP contribution < -0.4 is 0 Å². The molecule has 0 N–H and O–H groups in total. The highest BCUT2D eigenvalue weighted by atomic mass is 15.0. The fourth-order valence-corrected chi connectivity index (χ4v) is 3.35. The summed E-state index contributed by atoms with van der Waals surface area (Å²) < 4.78 is 2.26. The third-order valence-electron chi connectivity index (χ3n) is 6.16. The minimum Gasteiger partial charge on any atom is -0.207 e. The molecule has 2 aromatic carbocycles. The van der Waals surface area contributed by atoms with Crippen LogP contribution >= 0.6 is 0 Å². The van der Waals surface area contributed by atoms with Crippen LogP contribution in [-0.4, -0.2) is 17.3 Å². The molecule has 1 heterocycles. The molecule has 0 aliphatic carbocycles. The van der Waals surface area contributed by atoms with Crippen molar-refractivity contribution in [1.29, 1.82) is 0 Å². The first-order chi connectivity index (χ1) is 13.0. The number of nitrogens with zero attached hydrogens (tertiary/aromatic N) is 1. The van der Waals surface area contributed by atoms with Crippen LogP contribution in [0.15, 0.2) is 41.6 Å². The van der Waals surface area contributed by atoms with Gasteiger partial charge in [-0.05, 0) is 88.8 Å². The summed E-state index contributed by atoms with van der Waals surface area (Å²) in [6, 6.07) is 10.8. The largest absolute Gasteiger partial charge is 0.207 e. The van der Waals surface area contributed by atoms with Gasteiger partial charge in [0, 0.05) is 19.4 Å². The van der Waals surface area contributed by atoms with E-state index in [2.05, 4.69) is 111 Å². The minimum atomic E-state index is 0. The molecule has 0 aromatic heterocycles. The molecule has 1 nitrogen and oxygen atoms in total. The lowest BCUT2D eigenvalue weighted by atomic mass is 10.0. The van der Waals surface area contributed by atoms with Gasteiger partial charge in [0.05, 0.1) is 6.42 Å². The Morgan fingerprint density at radius 1 is 0.613 bits per heavy atom. The first kappa shape index (κ1) is 33.5. The van der Waals surface area contributed by atoms with E-state index in [1.165, 1.54) is 62.3 Å². The van der Waals surface area contributed by atoms with Gasteiger partial charge >= 0.3 is 0 Å². The molecule has 1 aliphatic rings. The summed E-state index contributed by atoms with van der Waals surface area (Å²) in [4.78, 5) is 0. The van der Waals surface area contributed by atoms with Crippen molar-refractivity contribution in [3.8, 4) is 0 Å². The van der Waals surface area contributed by atoms with E-state index in [4.69, 9.17) is 0 Å². The van der Waals surface area contributed by atoms with Gasteiger partial charge in [-0.15, -0.1) is 0 Å². The third kappa shape index (κ3) is 9.68. The molecule has 0 fully saturated rings. The second-order valence-corrected chi connectivity index (χ2v) is 8.38. The molecule has 0 bridgehead atoms. The Morgan fingerprint density at radius 3 is 1.26 bits per heavy atom. The van der Waals surface area contributed by atoms with Crippen molar-refractivity contribution < 1.29 is 4.58 Å². The number of hydrogen-bond donors (Lipinski definition) is 0. The molecule has 0 saturated carbocycles. The topological polar surface area (TPSA) is 3.01 Å². The summed E-state index contributed by atoms with van der Waals surface area (Å²) in [7, 11) is 2.13. The fraction of sp³-hybridized carbons (Fsp3) is 0.500. The zero-order chi connectivity index (χ0) is 21.6. The van der Waals surface area contributed by atoms with Gasteiger partial charge in [-0.2, -0.15) is 0 Å². The molecule has 0 atom stereocenters. The lowest BCUT2D eigenvalue weighted by molar-refractivity contribution is -0.441. The van der Waals surface area contributed by atoms with E-state index in [1.54, 1.807) is 0 Å². The molecule has 176 valence electrons. The summed E-state index contributed by atoms with van der Waals surface area (Å²) in [6.07, 6.45) is 1.17. The maximum Gasteiger partial charge on any atom is 0.177 e. The van der Waals surface area contributed by atoms with Crippen molar-refractivity contribution in [3.05, 3.63) is 80.5 Å². The molecule has 31 heavy (non-hydrogen) atoms. The zero-order valence-electron chi connectivity index (χ0n) is 20.0. The number of allylic oxidation sites excluding steroid dienone is 2. The van der Waals surface area contributed by atoms with Gasteiger partial charge in [-0.1, -0.05) is 58.2 Å². The van der Waals surface area contributed by atoms with Crippen molar-refractivity contribution in [1.82, 2.24) is 0 Å². The van der Waals surface area contributed by atoms with Crippen molar-refractivity contribution in [3.63, 3.8) is 0 Å². The van der Waals surface area contributed by atoms with Gasteiger partial charge in [0.2, 0.25) is 0 Å². The van der Waals surface area contributed by atoms with Crippen LogP contribution in [0, 0.1) is 48.5 Å². The van der Waals surface area contributed by atoms with E-state index < -0.39 is 0 Å². The van der Waals surface area contributed by atoms with E-state index >= 15 is 0 Å². The molecule has 0 radical (unpaired) electrons. The smallest absolute Gasteiger partial charge is 0.177 e.